The molecule has 0 bridgehead atoms. The number of nitrogens with one attached hydrogen (secondary N) is 1. The molecule has 1 fully saturated rings. The van der Waals surface area contributed by atoms with Crippen LogP contribution < -0.4 is 10.1 Å². The average molecular weight is 331 g/mol. The second-order valence-electron chi connectivity index (χ2n) is 5.42. The highest BCUT2D eigenvalue weighted by atomic mass is 32.2. The molecule has 0 spiro atoms. The van der Waals surface area contributed by atoms with Crippen molar-refractivity contribution in [2.45, 2.75) is 11.0 Å². The minimum atomic E-state index is -3.59. The third-order valence-corrected chi connectivity index (χ3v) is 5.54. The standard InChI is InChI=1S/C16H13NO5S/c18-16-11-4-1-2-5-12(11)22-13-6-3-7-14(15(13)17-16)23(19,20)9-10-8-21-10/h1-7,10H,8-9H2,(H,17,18). The van der Waals surface area contributed by atoms with Gasteiger partial charge in [-0.15, -0.1) is 0 Å². The Labute approximate surface area is 133 Å². The Kier molecular flexibility index (Phi) is 3.14. The summed E-state index contributed by atoms with van der Waals surface area (Å²) in [6.07, 6.45) is -0.268. The molecule has 6 nitrogen and oxygen atoms in total. The summed E-state index contributed by atoms with van der Waals surface area (Å²) in [5, 5.41) is 2.66. The minimum absolute atomic E-state index is 0.0478. The van der Waals surface area contributed by atoms with E-state index in [9.17, 15) is 13.2 Å². The van der Waals surface area contributed by atoms with E-state index in [0.717, 1.165) is 0 Å². The number of hydrogen-bond donors (Lipinski definition) is 1. The molecule has 118 valence electrons. The van der Waals surface area contributed by atoms with Gasteiger partial charge in [-0.1, -0.05) is 18.2 Å². The molecule has 0 aliphatic carbocycles. The van der Waals surface area contributed by atoms with Gasteiger partial charge in [-0.2, -0.15) is 0 Å². The number of fused-ring (bicyclic) bond motifs is 2. The summed E-state index contributed by atoms with van der Waals surface area (Å²) in [7, 11) is -3.59. The first kappa shape index (κ1) is 14.2. The summed E-state index contributed by atoms with van der Waals surface area (Å²) in [6.45, 7) is 0.447. The Morgan fingerprint density at radius 3 is 2.61 bits per heavy atom. The van der Waals surface area contributed by atoms with E-state index in [1.165, 1.54) is 6.07 Å². The molecular weight excluding hydrogens is 318 g/mol. The van der Waals surface area contributed by atoms with E-state index in [0.29, 0.717) is 23.7 Å². The first-order valence-corrected chi connectivity index (χ1v) is 8.75. The zero-order valence-corrected chi connectivity index (χ0v) is 12.8. The highest BCUT2D eigenvalue weighted by Gasteiger charge is 2.33. The second-order valence-corrected chi connectivity index (χ2v) is 7.42. The summed E-state index contributed by atoms with van der Waals surface area (Å²) in [6, 6.07) is 11.5. The number of hydrogen-bond acceptors (Lipinski definition) is 5. The molecule has 2 aliphatic rings. The van der Waals surface area contributed by atoms with E-state index in [1.54, 1.807) is 36.4 Å². The van der Waals surface area contributed by atoms with Crippen LogP contribution in [0.5, 0.6) is 11.5 Å². The van der Waals surface area contributed by atoms with Gasteiger partial charge in [0.2, 0.25) is 0 Å². The molecule has 0 aromatic heterocycles. The number of carbonyl (C=O) groups excluding carboxylic acids is 1. The van der Waals surface area contributed by atoms with Crippen LogP contribution in [-0.4, -0.2) is 32.8 Å². The Morgan fingerprint density at radius 1 is 1.09 bits per heavy atom. The van der Waals surface area contributed by atoms with Crippen molar-refractivity contribution < 1.29 is 22.7 Å². The van der Waals surface area contributed by atoms with Gasteiger partial charge in [0.25, 0.3) is 5.91 Å². The zero-order valence-electron chi connectivity index (χ0n) is 12.0. The van der Waals surface area contributed by atoms with Crippen LogP contribution in [0.15, 0.2) is 47.4 Å². The van der Waals surface area contributed by atoms with Crippen molar-refractivity contribution in [1.82, 2.24) is 0 Å². The van der Waals surface area contributed by atoms with E-state index >= 15 is 0 Å². The largest absolute Gasteiger partial charge is 0.454 e. The van der Waals surface area contributed by atoms with Crippen molar-refractivity contribution in [3.8, 4) is 11.5 Å². The number of amides is 1. The van der Waals surface area contributed by atoms with Crippen LogP contribution in [0.25, 0.3) is 0 Å². The Hall–Kier alpha value is -2.38. The lowest BCUT2D eigenvalue weighted by Gasteiger charge is -2.12. The molecule has 1 saturated heterocycles. The van der Waals surface area contributed by atoms with Gasteiger partial charge in [0.15, 0.2) is 15.6 Å². The van der Waals surface area contributed by atoms with Gasteiger partial charge in [-0.3, -0.25) is 4.79 Å². The first-order chi connectivity index (χ1) is 11.0. The number of epoxide rings is 1. The molecule has 23 heavy (non-hydrogen) atoms. The summed E-state index contributed by atoms with van der Waals surface area (Å²) in [4.78, 5) is 12.4. The van der Waals surface area contributed by atoms with E-state index in [2.05, 4.69) is 5.32 Å². The lowest BCUT2D eigenvalue weighted by molar-refractivity contribution is 0.102. The van der Waals surface area contributed by atoms with Gasteiger partial charge >= 0.3 is 0 Å². The molecule has 0 radical (unpaired) electrons. The van der Waals surface area contributed by atoms with Crippen LogP contribution in [0.4, 0.5) is 5.69 Å². The molecule has 4 rings (SSSR count). The highest BCUT2D eigenvalue weighted by Crippen LogP contribution is 2.39. The summed E-state index contributed by atoms with van der Waals surface area (Å²) < 4.78 is 35.9. The maximum atomic E-state index is 12.6. The number of ether oxygens (including phenoxy) is 2. The Balaban J connectivity index is 1.82. The molecule has 7 heteroatoms. The van der Waals surface area contributed by atoms with E-state index < -0.39 is 15.7 Å². The number of carbonyl (C=O) groups is 1. The summed E-state index contributed by atoms with van der Waals surface area (Å²) >= 11 is 0. The maximum absolute atomic E-state index is 12.6. The van der Waals surface area contributed by atoms with E-state index in [-0.39, 0.29) is 22.4 Å². The van der Waals surface area contributed by atoms with Gasteiger partial charge in [-0.05, 0) is 24.3 Å². The summed E-state index contributed by atoms with van der Waals surface area (Å²) in [5.74, 6) is 0.196. The van der Waals surface area contributed by atoms with Crippen molar-refractivity contribution in [3.63, 3.8) is 0 Å². The van der Waals surface area contributed by atoms with Crippen LogP contribution in [0, 0.1) is 0 Å². The van der Waals surface area contributed by atoms with Crippen LogP contribution in [-0.2, 0) is 14.6 Å². The van der Waals surface area contributed by atoms with Gasteiger partial charge in [0, 0.05) is 0 Å². The first-order valence-electron chi connectivity index (χ1n) is 7.10. The number of para-hydroxylation sites is 2. The maximum Gasteiger partial charge on any atom is 0.259 e. The van der Waals surface area contributed by atoms with Crippen LogP contribution in [0.3, 0.4) is 0 Å². The predicted octanol–water partition coefficient (Wildman–Crippen LogP) is 2.22. The molecule has 1 unspecified atom stereocenters. The monoisotopic (exact) mass is 331 g/mol. The van der Waals surface area contributed by atoms with Gasteiger partial charge < -0.3 is 14.8 Å². The quantitative estimate of drug-likeness (QED) is 0.872. The lowest BCUT2D eigenvalue weighted by Crippen LogP contribution is -2.17. The molecule has 0 saturated carbocycles. The number of rotatable bonds is 3. The third-order valence-electron chi connectivity index (χ3n) is 3.72. The molecule has 1 N–H and O–H groups in total. The second kappa shape index (κ2) is 5.07. The fourth-order valence-corrected chi connectivity index (χ4v) is 4.13. The minimum Gasteiger partial charge on any atom is -0.454 e. The lowest BCUT2D eigenvalue weighted by atomic mass is 10.2. The SMILES string of the molecule is O=C1Nc2c(cccc2S(=O)(=O)CC2CO2)Oc2ccccc21. The Morgan fingerprint density at radius 2 is 1.83 bits per heavy atom. The van der Waals surface area contributed by atoms with Crippen molar-refractivity contribution in [3.05, 3.63) is 48.0 Å². The van der Waals surface area contributed by atoms with Gasteiger partial charge in [0.1, 0.15) is 11.4 Å². The Bertz CT molecular complexity index is 902. The van der Waals surface area contributed by atoms with Crippen molar-refractivity contribution >= 4 is 21.4 Å². The summed E-state index contributed by atoms with van der Waals surface area (Å²) in [5.41, 5.74) is 0.534. The zero-order chi connectivity index (χ0) is 16.0. The predicted molar refractivity (Wildman–Crippen MR) is 82.7 cm³/mol. The van der Waals surface area contributed by atoms with Crippen molar-refractivity contribution in [2.24, 2.45) is 0 Å². The fraction of sp³-hybridized carbons (Fsp3) is 0.188. The topological polar surface area (TPSA) is 85.0 Å². The molecule has 2 aliphatic heterocycles. The van der Waals surface area contributed by atoms with Crippen LogP contribution >= 0.6 is 0 Å². The molecular formula is C16H13NO5S. The number of anilines is 1. The van der Waals surface area contributed by atoms with Crippen molar-refractivity contribution in [2.75, 3.05) is 17.7 Å². The number of benzene rings is 2. The fourth-order valence-electron chi connectivity index (χ4n) is 2.52. The molecule has 2 heterocycles. The molecule has 2 aromatic carbocycles. The van der Waals surface area contributed by atoms with Crippen LogP contribution in [0.2, 0.25) is 0 Å². The molecule has 1 amide bonds. The van der Waals surface area contributed by atoms with Crippen molar-refractivity contribution in [1.29, 1.82) is 0 Å². The number of sulfone groups is 1. The van der Waals surface area contributed by atoms with E-state index in [4.69, 9.17) is 9.47 Å². The molecule has 1 atom stereocenters. The molecule has 2 aromatic rings. The van der Waals surface area contributed by atoms with Gasteiger partial charge in [0.05, 0.1) is 28.9 Å². The third kappa shape index (κ3) is 2.58. The van der Waals surface area contributed by atoms with E-state index in [1.807, 2.05) is 0 Å². The highest BCUT2D eigenvalue weighted by molar-refractivity contribution is 7.91. The smallest absolute Gasteiger partial charge is 0.259 e. The average Bonchev–Trinajstić information content (AvgIpc) is 3.33. The normalized spacial score (nSPS) is 19.0. The van der Waals surface area contributed by atoms with Gasteiger partial charge in [-0.25, -0.2) is 8.42 Å². The van der Waals surface area contributed by atoms with Crippen LogP contribution in [0.1, 0.15) is 10.4 Å².